The number of rotatable bonds is 6. The number of aromatic nitrogens is 4. The first kappa shape index (κ1) is 23.1. The molecule has 11 heteroatoms. The maximum Gasteiger partial charge on any atom is 0.435 e. The van der Waals surface area contributed by atoms with Gasteiger partial charge in [0.25, 0.3) is 0 Å². The minimum absolute atomic E-state index is 0.0230. The molecule has 0 unspecified atom stereocenters. The molecule has 1 amide bonds. The van der Waals surface area contributed by atoms with Crippen LogP contribution < -0.4 is 5.32 Å². The molecule has 0 aliphatic heterocycles. The van der Waals surface area contributed by atoms with Gasteiger partial charge in [0.05, 0.1) is 23.6 Å². The summed E-state index contributed by atoms with van der Waals surface area (Å²) < 4.78 is 41.2. The summed E-state index contributed by atoms with van der Waals surface area (Å²) in [5.41, 5.74) is 1.92. The van der Waals surface area contributed by atoms with Crippen LogP contribution in [0.1, 0.15) is 34.8 Å². The molecule has 0 saturated heterocycles. The Morgan fingerprint density at radius 2 is 1.74 bits per heavy atom. The van der Waals surface area contributed by atoms with Crippen LogP contribution in [0.4, 0.5) is 18.9 Å². The highest BCUT2D eigenvalue weighted by Gasteiger charge is 2.34. The maximum absolute atomic E-state index is 12.8. The largest absolute Gasteiger partial charge is 0.435 e. The molecular weight excluding hydrogens is 454 g/mol. The number of benzene rings is 1. The van der Waals surface area contributed by atoms with Crippen molar-refractivity contribution in [3.8, 4) is 0 Å². The SMILES string of the molecule is Cc1nn(Cc2c(Cl)cccc2Cl)c(C)c1NC(=O)CCn1nc(C(F)(F)F)cc1C. The van der Waals surface area contributed by atoms with Crippen molar-refractivity contribution in [2.45, 2.75) is 46.5 Å². The van der Waals surface area contributed by atoms with Crippen molar-refractivity contribution in [2.75, 3.05) is 5.32 Å². The average Bonchev–Trinajstić information content (AvgIpc) is 3.18. The summed E-state index contributed by atoms with van der Waals surface area (Å²) in [7, 11) is 0. The standard InChI is InChI=1S/C20H20Cl2F3N5O/c1-11-9-17(20(23,24)25)28-29(11)8-7-18(31)26-19-12(2)27-30(13(19)3)10-14-15(21)5-4-6-16(14)22/h4-6,9H,7-8,10H2,1-3H3,(H,26,31). The zero-order valence-electron chi connectivity index (χ0n) is 17.0. The third-order valence-electron chi connectivity index (χ3n) is 4.84. The van der Waals surface area contributed by atoms with E-state index in [0.29, 0.717) is 44.9 Å². The lowest BCUT2D eigenvalue weighted by atomic mass is 10.2. The first-order chi connectivity index (χ1) is 14.5. The van der Waals surface area contributed by atoms with E-state index < -0.39 is 11.9 Å². The second-order valence-corrected chi connectivity index (χ2v) is 7.91. The smallest absolute Gasteiger partial charge is 0.323 e. The first-order valence-electron chi connectivity index (χ1n) is 9.35. The van der Waals surface area contributed by atoms with Gasteiger partial charge in [0.1, 0.15) is 0 Å². The Balaban J connectivity index is 1.69. The Hall–Kier alpha value is -2.52. The number of anilines is 1. The molecule has 3 rings (SSSR count). The van der Waals surface area contributed by atoms with Crippen LogP contribution in [0.5, 0.6) is 0 Å². The molecule has 166 valence electrons. The zero-order valence-corrected chi connectivity index (χ0v) is 18.5. The number of alkyl halides is 3. The number of carbonyl (C=O) groups excluding carboxylic acids is 1. The average molecular weight is 474 g/mol. The number of hydrogen-bond acceptors (Lipinski definition) is 3. The molecule has 1 N–H and O–H groups in total. The molecule has 0 spiro atoms. The van der Waals surface area contributed by atoms with E-state index in [9.17, 15) is 18.0 Å². The van der Waals surface area contributed by atoms with Gasteiger partial charge in [-0.05, 0) is 39.0 Å². The fraction of sp³-hybridized carbons (Fsp3) is 0.350. The van der Waals surface area contributed by atoms with Crippen molar-refractivity contribution in [3.63, 3.8) is 0 Å². The molecule has 1 aromatic carbocycles. The highest BCUT2D eigenvalue weighted by molar-refractivity contribution is 6.35. The second-order valence-electron chi connectivity index (χ2n) is 7.09. The highest BCUT2D eigenvalue weighted by Crippen LogP contribution is 2.29. The third kappa shape index (κ3) is 5.22. The van der Waals surface area contributed by atoms with Crippen molar-refractivity contribution < 1.29 is 18.0 Å². The van der Waals surface area contributed by atoms with Crippen molar-refractivity contribution in [3.05, 3.63) is 62.6 Å². The monoisotopic (exact) mass is 473 g/mol. The summed E-state index contributed by atoms with van der Waals surface area (Å²) in [5, 5.41) is 11.8. The van der Waals surface area contributed by atoms with Gasteiger partial charge >= 0.3 is 6.18 Å². The van der Waals surface area contributed by atoms with Crippen LogP contribution >= 0.6 is 23.2 Å². The molecule has 0 aliphatic rings. The topological polar surface area (TPSA) is 64.7 Å². The lowest BCUT2D eigenvalue weighted by molar-refractivity contribution is -0.141. The van der Waals surface area contributed by atoms with Crippen LogP contribution in [0, 0.1) is 20.8 Å². The first-order valence-corrected chi connectivity index (χ1v) is 10.1. The van der Waals surface area contributed by atoms with Gasteiger partial charge in [-0.3, -0.25) is 14.2 Å². The van der Waals surface area contributed by atoms with E-state index in [-0.39, 0.29) is 18.9 Å². The van der Waals surface area contributed by atoms with E-state index in [0.717, 1.165) is 6.07 Å². The highest BCUT2D eigenvalue weighted by atomic mass is 35.5. The molecule has 2 heterocycles. The molecule has 0 aliphatic carbocycles. The van der Waals surface area contributed by atoms with E-state index in [2.05, 4.69) is 15.5 Å². The van der Waals surface area contributed by atoms with E-state index in [4.69, 9.17) is 23.2 Å². The Morgan fingerprint density at radius 1 is 1.10 bits per heavy atom. The summed E-state index contributed by atoms with van der Waals surface area (Å²) in [6.07, 6.45) is -4.56. The van der Waals surface area contributed by atoms with E-state index >= 15 is 0 Å². The molecule has 31 heavy (non-hydrogen) atoms. The van der Waals surface area contributed by atoms with E-state index in [1.54, 1.807) is 36.7 Å². The van der Waals surface area contributed by atoms with E-state index in [1.165, 1.54) is 11.6 Å². The number of nitrogens with one attached hydrogen (secondary N) is 1. The molecule has 6 nitrogen and oxygen atoms in total. The number of nitrogens with zero attached hydrogens (tertiary/aromatic N) is 4. The van der Waals surface area contributed by atoms with Gasteiger partial charge in [0.15, 0.2) is 5.69 Å². The van der Waals surface area contributed by atoms with E-state index in [1.807, 2.05) is 0 Å². The molecule has 0 fully saturated rings. The Labute approximate surface area is 186 Å². The van der Waals surface area contributed by atoms with Gasteiger partial charge in [0, 0.05) is 34.3 Å². The van der Waals surface area contributed by atoms with Crippen LogP contribution in [0.2, 0.25) is 10.0 Å². The molecule has 2 aromatic heterocycles. The predicted molar refractivity (Wildman–Crippen MR) is 112 cm³/mol. The zero-order chi connectivity index (χ0) is 22.9. The number of halogens is 5. The van der Waals surface area contributed by atoms with Gasteiger partial charge in [-0.2, -0.15) is 23.4 Å². The normalized spacial score (nSPS) is 11.7. The summed E-state index contributed by atoms with van der Waals surface area (Å²) in [6.45, 7) is 5.41. The summed E-state index contributed by atoms with van der Waals surface area (Å²) in [4.78, 5) is 12.4. The van der Waals surface area contributed by atoms with Gasteiger partial charge in [-0.1, -0.05) is 29.3 Å². The van der Waals surface area contributed by atoms with Gasteiger partial charge < -0.3 is 5.32 Å². The number of amides is 1. The molecule has 0 atom stereocenters. The lowest BCUT2D eigenvalue weighted by Crippen LogP contribution is -2.17. The lowest BCUT2D eigenvalue weighted by Gasteiger charge is -2.10. The van der Waals surface area contributed by atoms with Crippen LogP contribution in [0.15, 0.2) is 24.3 Å². The molecule has 0 radical (unpaired) electrons. The Bertz CT molecular complexity index is 1100. The molecule has 0 bridgehead atoms. The molecule has 0 saturated carbocycles. The van der Waals surface area contributed by atoms with Gasteiger partial charge in [0.2, 0.25) is 5.91 Å². The maximum atomic E-state index is 12.8. The van der Waals surface area contributed by atoms with Crippen molar-refractivity contribution in [1.82, 2.24) is 19.6 Å². The van der Waals surface area contributed by atoms with Crippen LogP contribution in [0.3, 0.4) is 0 Å². The summed E-state index contributed by atoms with van der Waals surface area (Å²) in [5.74, 6) is -0.356. The fourth-order valence-electron chi connectivity index (χ4n) is 3.15. The minimum atomic E-state index is -4.52. The minimum Gasteiger partial charge on any atom is -0.323 e. The fourth-order valence-corrected chi connectivity index (χ4v) is 3.67. The number of carbonyl (C=O) groups is 1. The van der Waals surface area contributed by atoms with Crippen LogP contribution in [-0.2, 0) is 24.1 Å². The predicted octanol–water partition coefficient (Wildman–Crippen LogP) is 5.41. The van der Waals surface area contributed by atoms with Gasteiger partial charge in [-0.15, -0.1) is 0 Å². The van der Waals surface area contributed by atoms with Crippen LogP contribution in [-0.4, -0.2) is 25.5 Å². The van der Waals surface area contributed by atoms with Crippen molar-refractivity contribution in [1.29, 1.82) is 0 Å². The number of hydrogen-bond donors (Lipinski definition) is 1. The van der Waals surface area contributed by atoms with Crippen LogP contribution in [0.25, 0.3) is 0 Å². The Kier molecular flexibility index (Phi) is 6.66. The van der Waals surface area contributed by atoms with Crippen molar-refractivity contribution >= 4 is 34.8 Å². The third-order valence-corrected chi connectivity index (χ3v) is 5.55. The molecule has 3 aromatic rings. The van der Waals surface area contributed by atoms with Crippen molar-refractivity contribution in [2.24, 2.45) is 0 Å². The quantitative estimate of drug-likeness (QED) is 0.520. The Morgan fingerprint density at radius 3 is 2.32 bits per heavy atom. The number of aryl methyl sites for hydroxylation is 3. The summed E-state index contributed by atoms with van der Waals surface area (Å²) in [6, 6.07) is 6.17. The molecular formula is C20H20Cl2F3N5O. The second kappa shape index (κ2) is 8.92. The van der Waals surface area contributed by atoms with Gasteiger partial charge in [-0.25, -0.2) is 0 Å². The summed E-state index contributed by atoms with van der Waals surface area (Å²) >= 11 is 12.5.